The smallest absolute Gasteiger partial charge is 0.271 e. The first kappa shape index (κ1) is 58.8. The number of hydrogen-bond acceptors (Lipinski definition) is 14. The molecule has 4 fully saturated rings. The van der Waals surface area contributed by atoms with Gasteiger partial charge in [-0.25, -0.2) is 29.0 Å². The van der Waals surface area contributed by atoms with Crippen molar-refractivity contribution in [2.24, 2.45) is 23.7 Å². The Balaban J connectivity index is 0.000000172. The van der Waals surface area contributed by atoms with Crippen LogP contribution in [-0.2, 0) is 0 Å². The number of carbonyl (C=O) groups is 2. The summed E-state index contributed by atoms with van der Waals surface area (Å²) in [4.78, 5) is 47.1. The van der Waals surface area contributed by atoms with Gasteiger partial charge in [-0.3, -0.25) is 9.59 Å². The number of hydrogen-bond donors (Lipinski definition) is 2. The zero-order chi connectivity index (χ0) is 54.5. The van der Waals surface area contributed by atoms with E-state index in [9.17, 15) is 14.9 Å². The zero-order valence-corrected chi connectivity index (χ0v) is 47.1. The van der Waals surface area contributed by atoms with E-state index in [-0.39, 0.29) is 44.4 Å². The Morgan fingerprint density at radius 3 is 1.54 bits per heavy atom. The lowest BCUT2D eigenvalue weighted by atomic mass is 10.0. The predicted octanol–water partition coefficient (Wildman–Crippen LogP) is 11.5. The van der Waals surface area contributed by atoms with E-state index in [1.165, 1.54) is 6.20 Å². The van der Waals surface area contributed by atoms with Gasteiger partial charge < -0.3 is 29.9 Å². The molecule has 8 aromatic heterocycles. The summed E-state index contributed by atoms with van der Waals surface area (Å²) in [6.07, 6.45) is 17.3. The molecule has 2 unspecified atom stereocenters. The van der Waals surface area contributed by atoms with E-state index in [2.05, 4.69) is 89.6 Å². The van der Waals surface area contributed by atoms with Crippen LogP contribution in [0.1, 0.15) is 86.5 Å². The minimum absolute atomic E-state index is 0. The Bertz CT molecular complexity index is 3540. The average molecular weight is 1250 g/mol. The van der Waals surface area contributed by atoms with Crippen LogP contribution in [0.4, 0.5) is 11.6 Å². The molecule has 4 aliphatic rings. The molecule has 6 atom stereocenters. The van der Waals surface area contributed by atoms with E-state index in [1.54, 1.807) is 64.3 Å². The maximum Gasteiger partial charge on any atom is 0.271 e. The normalized spacial score (nSPS) is 19.4. The van der Waals surface area contributed by atoms with Gasteiger partial charge in [0.15, 0.2) is 0 Å². The van der Waals surface area contributed by atoms with Crippen LogP contribution in [0, 0.1) is 46.3 Å². The molecule has 0 aromatic carbocycles. The maximum absolute atomic E-state index is 12.6. The fourth-order valence-corrected chi connectivity index (χ4v) is 12.4. The zero-order valence-electron chi connectivity index (χ0n) is 42.4. The molecule has 18 nitrogen and oxygen atoms in total. The van der Waals surface area contributed by atoms with Gasteiger partial charge in [0.05, 0.1) is 70.2 Å². The summed E-state index contributed by atoms with van der Waals surface area (Å²) >= 11 is 19.0. The molecule has 2 aliphatic heterocycles. The highest BCUT2D eigenvalue weighted by Gasteiger charge is 2.43. The molecule has 0 radical (unpaired) electrons. The van der Waals surface area contributed by atoms with Crippen molar-refractivity contribution in [3.8, 4) is 34.8 Å². The van der Waals surface area contributed by atoms with Gasteiger partial charge in [-0.05, 0) is 156 Å². The van der Waals surface area contributed by atoms with Gasteiger partial charge in [0.1, 0.15) is 46.7 Å². The number of nitrogens with one attached hydrogen (secondary N) is 2. The molecule has 0 spiro atoms. The summed E-state index contributed by atoms with van der Waals surface area (Å²) < 4.78 is 16.2. The fourth-order valence-electron chi connectivity index (χ4n) is 11.1. The van der Waals surface area contributed by atoms with Crippen LogP contribution in [-0.4, -0.2) is 102 Å². The second-order valence-corrected chi connectivity index (χ2v) is 22.0. The molecule has 0 bridgehead atoms. The average Bonchev–Trinajstić information content (AvgIpc) is 4.34. The molecular weight excluding hydrogens is 1190 g/mol. The van der Waals surface area contributed by atoms with Crippen LogP contribution in [0.25, 0.3) is 22.2 Å². The van der Waals surface area contributed by atoms with Crippen LogP contribution in [0.3, 0.4) is 0 Å². The summed E-state index contributed by atoms with van der Waals surface area (Å²) in [5, 5.41) is 33.8. The number of halogens is 4. The third-order valence-corrected chi connectivity index (χ3v) is 16.2. The van der Waals surface area contributed by atoms with E-state index in [0.717, 1.165) is 100 Å². The molecule has 22 heteroatoms. The van der Waals surface area contributed by atoms with Gasteiger partial charge in [0.2, 0.25) is 0 Å². The minimum atomic E-state index is -0.213. The summed E-state index contributed by atoms with van der Waals surface area (Å²) in [6.45, 7) is 8.78. The van der Waals surface area contributed by atoms with Gasteiger partial charge >= 0.3 is 0 Å². The number of pyridine rings is 6. The molecule has 2 amide bonds. The van der Waals surface area contributed by atoms with Gasteiger partial charge in [-0.1, -0.05) is 38.1 Å². The first-order valence-corrected chi connectivity index (χ1v) is 27.9. The van der Waals surface area contributed by atoms with Crippen LogP contribution >= 0.6 is 55.1 Å². The molecular formula is C58H60Br2Cl2N14O4. The molecule has 8 aromatic rings. The lowest BCUT2D eigenvalue weighted by molar-refractivity contribution is 0.0923. The van der Waals surface area contributed by atoms with Crippen molar-refractivity contribution in [2.75, 3.05) is 49.2 Å². The van der Waals surface area contributed by atoms with Crippen molar-refractivity contribution in [2.45, 2.75) is 66.5 Å². The number of carbonyl (C=O) groups excluding carboxylic acids is 2. The van der Waals surface area contributed by atoms with Gasteiger partial charge in [0.25, 0.3) is 11.8 Å². The highest BCUT2D eigenvalue weighted by Crippen LogP contribution is 2.42. The Morgan fingerprint density at radius 1 is 0.637 bits per heavy atom. The predicted molar refractivity (Wildman–Crippen MR) is 316 cm³/mol. The lowest BCUT2D eigenvalue weighted by Crippen LogP contribution is -2.35. The van der Waals surface area contributed by atoms with E-state index < -0.39 is 0 Å². The van der Waals surface area contributed by atoms with Crippen molar-refractivity contribution in [3.63, 3.8) is 0 Å². The number of nitriles is 2. The van der Waals surface area contributed by atoms with Crippen LogP contribution in [0.2, 0.25) is 10.0 Å². The summed E-state index contributed by atoms with van der Waals surface area (Å²) in [6, 6.07) is 23.4. The number of anilines is 2. The minimum Gasteiger partial charge on any atom is -0.492 e. The molecule has 2 aliphatic carbocycles. The Hall–Kier alpha value is -7.36. The van der Waals surface area contributed by atoms with Gasteiger partial charge in [-0.15, -0.1) is 0 Å². The third-order valence-electron chi connectivity index (χ3n) is 14.5. The number of rotatable bonds is 11. The second kappa shape index (κ2) is 26.3. The highest BCUT2D eigenvalue weighted by atomic mass is 79.9. The van der Waals surface area contributed by atoms with E-state index in [0.29, 0.717) is 69.5 Å². The number of amides is 2. The Morgan fingerprint density at radius 2 is 1.10 bits per heavy atom. The standard InChI is InChI=1S/C28H26ClN7O2.C18H18BrClN4O.C10H8BrN3O.2CH4/c1-2-38-22-10-23(27-20(11-30)13-33-36(27)16-22)17-5-6-25(32-12-17)35-14-18-8-21(9-19(18)15-35)34-28(37)26-24(29)4-3-7-31-26;19-13-3-4-16(22-8-13)24-9-11-6-14(7-12(11)10-24)23-18(25)17-15(20)2-1-5-21-17;1-2-15-8-3-9(11)10-7(4-12)5-13-14(10)6-8;;/h3-7,10,12-13,16,18-19,21H,2,8-9,14-15H2,1H3,(H,34,37);1-5,8,11-12,14H,6-7,9-10H2,(H,23,25);3,5-6H,2H2,1H3;2*1H4/t18-,19+,21?;11-,12+,14?;;;. The number of nitrogens with zero attached hydrogens (tertiary/aromatic N) is 12. The Labute approximate surface area is 491 Å². The van der Waals surface area contributed by atoms with Crippen molar-refractivity contribution in [3.05, 3.63) is 152 Å². The lowest BCUT2D eigenvalue weighted by Gasteiger charge is -2.21. The van der Waals surface area contributed by atoms with Crippen LogP contribution in [0.15, 0.2) is 119 Å². The summed E-state index contributed by atoms with van der Waals surface area (Å²) in [5.41, 5.74) is 4.89. The fraction of sp³-hybridized carbons (Fsp3) is 0.345. The summed E-state index contributed by atoms with van der Waals surface area (Å²) in [5.74, 6) is 5.15. The maximum atomic E-state index is 12.6. The molecule has 2 saturated heterocycles. The highest BCUT2D eigenvalue weighted by molar-refractivity contribution is 9.11. The largest absolute Gasteiger partial charge is 0.492 e. The quantitative estimate of drug-likeness (QED) is 0.123. The van der Waals surface area contributed by atoms with E-state index in [1.807, 2.05) is 62.6 Å². The molecule has 2 saturated carbocycles. The van der Waals surface area contributed by atoms with Gasteiger partial charge in [0, 0.05) is 83.1 Å². The van der Waals surface area contributed by atoms with E-state index >= 15 is 0 Å². The number of ether oxygens (including phenoxy) is 2. The topological polar surface area (TPSA) is 217 Å². The molecule has 80 heavy (non-hydrogen) atoms. The van der Waals surface area contributed by atoms with Crippen LogP contribution in [0.5, 0.6) is 11.5 Å². The third kappa shape index (κ3) is 13.0. The second-order valence-electron chi connectivity index (χ2n) is 19.4. The molecule has 2 N–H and O–H groups in total. The molecule has 10 heterocycles. The number of fused-ring (bicyclic) bond motifs is 4. The van der Waals surface area contributed by atoms with Crippen molar-refractivity contribution < 1.29 is 19.1 Å². The monoisotopic (exact) mass is 1240 g/mol. The molecule has 414 valence electrons. The van der Waals surface area contributed by atoms with Crippen molar-refractivity contribution >= 4 is 89.5 Å². The van der Waals surface area contributed by atoms with Crippen molar-refractivity contribution in [1.29, 1.82) is 10.5 Å². The van der Waals surface area contributed by atoms with E-state index in [4.69, 9.17) is 42.9 Å². The van der Waals surface area contributed by atoms with Crippen LogP contribution < -0.4 is 29.9 Å². The Kier molecular flexibility index (Phi) is 19.3. The SMILES string of the molecule is C.C.CCOc1cc(-c2ccc(N3C[C@H]4CC(NC(=O)c5ncccc5Cl)C[C@H]4C3)nc2)c2c(C#N)cnn2c1.CCOc1cc(Br)c2c(C#N)cnn2c1.O=C(NC1C[C@@H]2CN(c3ccc(Br)cn3)C[C@@H]2C1)c1ncccc1Cl. The first-order valence-electron chi connectivity index (χ1n) is 25.5. The van der Waals surface area contributed by atoms with Crippen molar-refractivity contribution in [1.82, 2.24) is 49.8 Å². The number of aromatic nitrogens is 8. The van der Waals surface area contributed by atoms with Gasteiger partial charge in [-0.2, -0.15) is 20.7 Å². The summed E-state index contributed by atoms with van der Waals surface area (Å²) in [7, 11) is 0. The first-order chi connectivity index (χ1) is 37.9. The molecule has 12 rings (SSSR count).